The van der Waals surface area contributed by atoms with Gasteiger partial charge in [-0.25, -0.2) is 0 Å². The Kier molecular flexibility index (Phi) is 4.38. The molecule has 2 atom stereocenters. The summed E-state index contributed by atoms with van der Waals surface area (Å²) in [6.45, 7) is 3.46. The van der Waals surface area contributed by atoms with Crippen LogP contribution < -0.4 is 10.1 Å². The van der Waals surface area contributed by atoms with E-state index < -0.39 is 0 Å². The maximum atomic E-state index is 5.32. The highest BCUT2D eigenvalue weighted by Crippen LogP contribution is 2.32. The Morgan fingerprint density at radius 3 is 2.89 bits per heavy atom. The third-order valence-electron chi connectivity index (χ3n) is 4.11. The molecule has 4 heteroatoms. The average Bonchev–Trinajstić information content (AvgIpc) is 3.06. The molecular weight excluding hydrogens is 260 g/mol. The zero-order valence-electron chi connectivity index (χ0n) is 11.4. The number of fused-ring (bicyclic) bond motifs is 1. The maximum Gasteiger partial charge on any atom is 0.119 e. The topological polar surface area (TPSA) is 37.0 Å². The van der Waals surface area contributed by atoms with Crippen LogP contribution in [0.4, 0.5) is 0 Å². The molecule has 1 aromatic heterocycles. The lowest BCUT2D eigenvalue weighted by atomic mass is 9.92. The van der Waals surface area contributed by atoms with Crippen molar-refractivity contribution in [2.45, 2.75) is 31.7 Å². The molecule has 2 unspecified atom stereocenters. The first kappa shape index (κ1) is 14.2. The Labute approximate surface area is 120 Å². The van der Waals surface area contributed by atoms with E-state index in [0.29, 0.717) is 12.0 Å². The van der Waals surface area contributed by atoms with Crippen molar-refractivity contribution < 1.29 is 4.74 Å². The molecule has 2 aromatic rings. The van der Waals surface area contributed by atoms with E-state index in [0.717, 1.165) is 12.3 Å². The highest BCUT2D eigenvalue weighted by atomic mass is 35.5. The SMILES string of the molecule is COc1ccc2[nH]cc(C(C)C3CCCN3)c2c1.Cl. The van der Waals surface area contributed by atoms with Crippen molar-refractivity contribution in [2.24, 2.45) is 0 Å². The number of hydrogen-bond donors (Lipinski definition) is 2. The van der Waals surface area contributed by atoms with Gasteiger partial charge in [0, 0.05) is 23.1 Å². The van der Waals surface area contributed by atoms with Crippen LogP contribution in [-0.4, -0.2) is 24.7 Å². The second-order valence-electron chi connectivity index (χ2n) is 5.15. The van der Waals surface area contributed by atoms with Crippen molar-refractivity contribution >= 4 is 23.3 Å². The third kappa shape index (κ3) is 2.58. The van der Waals surface area contributed by atoms with Crippen LogP contribution in [0.15, 0.2) is 24.4 Å². The molecular formula is C15H21ClN2O. The summed E-state index contributed by atoms with van der Waals surface area (Å²) >= 11 is 0. The van der Waals surface area contributed by atoms with E-state index in [1.165, 1.54) is 29.3 Å². The van der Waals surface area contributed by atoms with Crippen LogP contribution in [0.5, 0.6) is 5.75 Å². The van der Waals surface area contributed by atoms with Gasteiger partial charge < -0.3 is 15.0 Å². The summed E-state index contributed by atoms with van der Waals surface area (Å²) in [7, 11) is 1.72. The van der Waals surface area contributed by atoms with Crippen molar-refractivity contribution in [2.75, 3.05) is 13.7 Å². The van der Waals surface area contributed by atoms with E-state index in [1.807, 2.05) is 6.07 Å². The first-order chi connectivity index (χ1) is 8.79. The normalized spacial score (nSPS) is 20.2. The third-order valence-corrected chi connectivity index (χ3v) is 4.11. The minimum Gasteiger partial charge on any atom is -0.497 e. The minimum absolute atomic E-state index is 0. The number of methoxy groups -OCH3 is 1. The number of ether oxygens (including phenoxy) is 1. The Morgan fingerprint density at radius 1 is 1.37 bits per heavy atom. The average molecular weight is 281 g/mol. The van der Waals surface area contributed by atoms with Gasteiger partial charge in [-0.05, 0) is 49.1 Å². The predicted molar refractivity (Wildman–Crippen MR) is 81.5 cm³/mol. The molecule has 0 radical (unpaired) electrons. The number of halogens is 1. The Morgan fingerprint density at radius 2 is 2.21 bits per heavy atom. The minimum atomic E-state index is 0. The van der Waals surface area contributed by atoms with E-state index in [9.17, 15) is 0 Å². The fourth-order valence-electron chi connectivity index (χ4n) is 2.98. The summed E-state index contributed by atoms with van der Waals surface area (Å²) < 4.78 is 5.32. The van der Waals surface area contributed by atoms with Gasteiger partial charge in [-0.2, -0.15) is 0 Å². The monoisotopic (exact) mass is 280 g/mol. The van der Waals surface area contributed by atoms with Crippen molar-refractivity contribution in [1.82, 2.24) is 10.3 Å². The first-order valence-corrected chi connectivity index (χ1v) is 6.68. The fraction of sp³-hybridized carbons (Fsp3) is 0.467. The van der Waals surface area contributed by atoms with Crippen LogP contribution in [0, 0.1) is 0 Å². The number of H-pyrrole nitrogens is 1. The summed E-state index contributed by atoms with van der Waals surface area (Å²) in [6, 6.07) is 6.83. The predicted octanol–water partition coefficient (Wildman–Crippen LogP) is 3.45. The molecule has 0 amide bonds. The molecule has 2 N–H and O–H groups in total. The second-order valence-corrected chi connectivity index (χ2v) is 5.15. The zero-order chi connectivity index (χ0) is 12.5. The summed E-state index contributed by atoms with van der Waals surface area (Å²) in [4.78, 5) is 3.36. The van der Waals surface area contributed by atoms with Gasteiger partial charge >= 0.3 is 0 Å². The van der Waals surface area contributed by atoms with Crippen LogP contribution in [0.25, 0.3) is 10.9 Å². The molecule has 3 nitrogen and oxygen atoms in total. The molecule has 0 aliphatic carbocycles. The maximum absolute atomic E-state index is 5.32. The van der Waals surface area contributed by atoms with E-state index in [2.05, 4.69) is 35.6 Å². The lowest BCUT2D eigenvalue weighted by Gasteiger charge is -2.19. The number of rotatable bonds is 3. The van der Waals surface area contributed by atoms with Crippen LogP contribution >= 0.6 is 12.4 Å². The standard InChI is InChI=1S/C15H20N2O.ClH/c1-10(14-4-3-7-16-14)13-9-17-15-6-5-11(18-2)8-12(13)15;/h5-6,8-10,14,16-17H,3-4,7H2,1-2H3;1H. The van der Waals surface area contributed by atoms with Gasteiger partial charge in [-0.1, -0.05) is 6.92 Å². The number of aromatic amines is 1. The molecule has 2 heterocycles. The van der Waals surface area contributed by atoms with E-state index in [4.69, 9.17) is 4.74 Å². The summed E-state index contributed by atoms with van der Waals surface area (Å²) in [6.07, 6.45) is 4.72. The van der Waals surface area contributed by atoms with Crippen molar-refractivity contribution in [3.8, 4) is 5.75 Å². The first-order valence-electron chi connectivity index (χ1n) is 6.68. The van der Waals surface area contributed by atoms with Gasteiger partial charge in [0.05, 0.1) is 7.11 Å². The number of benzene rings is 1. The molecule has 1 aliphatic rings. The lowest BCUT2D eigenvalue weighted by Crippen LogP contribution is -2.27. The fourth-order valence-corrected chi connectivity index (χ4v) is 2.98. The molecule has 0 saturated carbocycles. The van der Waals surface area contributed by atoms with Crippen LogP contribution in [0.3, 0.4) is 0 Å². The van der Waals surface area contributed by atoms with Gasteiger partial charge in [-0.3, -0.25) is 0 Å². The van der Waals surface area contributed by atoms with Gasteiger partial charge in [0.15, 0.2) is 0 Å². The smallest absolute Gasteiger partial charge is 0.119 e. The van der Waals surface area contributed by atoms with Crippen molar-refractivity contribution in [3.63, 3.8) is 0 Å². The molecule has 19 heavy (non-hydrogen) atoms. The molecule has 1 aromatic carbocycles. The summed E-state index contributed by atoms with van der Waals surface area (Å²) in [5.41, 5.74) is 2.58. The summed E-state index contributed by atoms with van der Waals surface area (Å²) in [5, 5.41) is 4.88. The molecule has 1 fully saturated rings. The summed E-state index contributed by atoms with van der Waals surface area (Å²) in [5.74, 6) is 1.46. The molecule has 1 saturated heterocycles. The highest BCUT2D eigenvalue weighted by molar-refractivity contribution is 5.85. The van der Waals surface area contributed by atoms with E-state index in [-0.39, 0.29) is 12.4 Å². The molecule has 1 aliphatic heterocycles. The van der Waals surface area contributed by atoms with Crippen LogP contribution in [0.2, 0.25) is 0 Å². The molecule has 104 valence electrons. The highest BCUT2D eigenvalue weighted by Gasteiger charge is 2.24. The second kappa shape index (κ2) is 5.85. The zero-order valence-corrected chi connectivity index (χ0v) is 12.2. The van der Waals surface area contributed by atoms with Gasteiger partial charge in [0.2, 0.25) is 0 Å². The molecule has 0 spiro atoms. The van der Waals surface area contributed by atoms with E-state index >= 15 is 0 Å². The number of nitrogens with one attached hydrogen (secondary N) is 2. The van der Waals surface area contributed by atoms with Gasteiger partial charge in [0.25, 0.3) is 0 Å². The molecule has 0 bridgehead atoms. The van der Waals surface area contributed by atoms with Crippen molar-refractivity contribution in [1.29, 1.82) is 0 Å². The van der Waals surface area contributed by atoms with Crippen LogP contribution in [0.1, 0.15) is 31.2 Å². The number of hydrogen-bond acceptors (Lipinski definition) is 2. The Hall–Kier alpha value is -1.19. The van der Waals surface area contributed by atoms with E-state index in [1.54, 1.807) is 7.11 Å². The Bertz CT molecular complexity index is 546. The van der Waals surface area contributed by atoms with Gasteiger partial charge in [0.1, 0.15) is 5.75 Å². The van der Waals surface area contributed by atoms with Crippen molar-refractivity contribution in [3.05, 3.63) is 30.0 Å². The number of aromatic nitrogens is 1. The van der Waals surface area contributed by atoms with Gasteiger partial charge in [-0.15, -0.1) is 12.4 Å². The Balaban J connectivity index is 0.00000133. The molecule has 3 rings (SSSR count). The largest absolute Gasteiger partial charge is 0.497 e. The lowest BCUT2D eigenvalue weighted by molar-refractivity contribution is 0.415. The quantitative estimate of drug-likeness (QED) is 0.903. The van der Waals surface area contributed by atoms with Crippen LogP contribution in [-0.2, 0) is 0 Å².